The lowest BCUT2D eigenvalue weighted by molar-refractivity contribution is -0.266. The summed E-state index contributed by atoms with van der Waals surface area (Å²) in [6.07, 6.45) is 0.805. The third kappa shape index (κ3) is 17.5. The van der Waals surface area contributed by atoms with E-state index in [0.29, 0.717) is 62.5 Å². The highest BCUT2D eigenvalue weighted by atomic mass is 16.6. The third-order valence-electron chi connectivity index (χ3n) is 16.0. The normalized spacial score (nSPS) is 38.4. The van der Waals surface area contributed by atoms with E-state index in [2.05, 4.69) is 0 Å². The summed E-state index contributed by atoms with van der Waals surface area (Å²) in [5.41, 5.74) is 0.912. The van der Waals surface area contributed by atoms with Gasteiger partial charge in [0.15, 0.2) is 5.78 Å². The Hall–Kier alpha value is -3.57. The number of ether oxygens (including phenoxy) is 5. The lowest BCUT2D eigenvalue weighted by Gasteiger charge is -2.43. The lowest BCUT2D eigenvalue weighted by atomic mass is 9.78. The molecule has 1 amide bonds. The molecule has 8 N–H and O–H groups in total. The molecule has 3 heterocycles. The predicted molar refractivity (Wildman–Crippen MR) is 275 cm³/mol. The summed E-state index contributed by atoms with van der Waals surface area (Å²) >= 11 is 0. The van der Waals surface area contributed by atoms with Gasteiger partial charge in [-0.1, -0.05) is 71.1 Å². The van der Waals surface area contributed by atoms with Crippen molar-refractivity contribution in [1.82, 2.24) is 4.90 Å². The fourth-order valence-electron chi connectivity index (χ4n) is 10.9. The van der Waals surface area contributed by atoms with Gasteiger partial charge in [0.05, 0.1) is 37.6 Å². The van der Waals surface area contributed by atoms with Crippen LogP contribution in [0.25, 0.3) is 0 Å². The molecule has 0 aromatic heterocycles. The van der Waals surface area contributed by atoms with Crippen molar-refractivity contribution in [1.29, 1.82) is 0 Å². The number of ketones is 3. The molecule has 3 fully saturated rings. The number of nitrogens with zero attached hydrogens (tertiary/aromatic N) is 1. The van der Waals surface area contributed by atoms with Crippen LogP contribution in [0.4, 0.5) is 0 Å². The molecule has 3 aliphatic heterocycles. The van der Waals surface area contributed by atoms with Crippen LogP contribution in [0.1, 0.15) is 126 Å². The van der Waals surface area contributed by atoms with E-state index >= 15 is 0 Å². The summed E-state index contributed by atoms with van der Waals surface area (Å²) in [4.78, 5) is 72.5. The van der Waals surface area contributed by atoms with Crippen LogP contribution in [0, 0.1) is 35.5 Å². The number of Topliss-reactive ketones (excluding diaryl/α,β-unsaturated/α-hetero) is 3. The van der Waals surface area contributed by atoms with Gasteiger partial charge in [0, 0.05) is 51.4 Å². The maximum atomic E-state index is 14.5. The Bertz CT molecular complexity index is 2010. The number of hydrogen-bond acceptors (Lipinski definition) is 18. The minimum atomic E-state index is -2.63. The van der Waals surface area contributed by atoms with Gasteiger partial charge < -0.3 is 69.4 Å². The van der Waals surface area contributed by atoms with E-state index in [1.54, 1.807) is 72.1 Å². The first-order valence-corrected chi connectivity index (χ1v) is 27.0. The second-order valence-corrected chi connectivity index (χ2v) is 22.0. The topological polar surface area (TPSA) is 297 Å². The second kappa shape index (κ2) is 30.0. The maximum absolute atomic E-state index is 14.5. The Morgan fingerprint density at radius 2 is 1.52 bits per heavy atom. The van der Waals surface area contributed by atoms with Gasteiger partial charge in [0.1, 0.15) is 54.6 Å². The molecule has 75 heavy (non-hydrogen) atoms. The molecule has 426 valence electrons. The van der Waals surface area contributed by atoms with Crippen LogP contribution in [0.5, 0.6) is 0 Å². The van der Waals surface area contributed by atoms with Crippen LogP contribution >= 0.6 is 0 Å². The van der Waals surface area contributed by atoms with E-state index in [4.69, 9.17) is 23.7 Å². The fourth-order valence-corrected chi connectivity index (χ4v) is 10.9. The van der Waals surface area contributed by atoms with E-state index in [1.807, 2.05) is 19.9 Å². The maximum Gasteiger partial charge on any atom is 0.329 e. The van der Waals surface area contributed by atoms with E-state index in [9.17, 15) is 64.8 Å². The number of aliphatic hydroxyl groups is 8. The molecular weight excluding hydrogens is 975 g/mol. The van der Waals surface area contributed by atoms with Crippen LogP contribution < -0.4 is 0 Å². The van der Waals surface area contributed by atoms with Gasteiger partial charge in [0.25, 0.3) is 11.7 Å². The molecule has 4 rings (SSSR count). The number of allylic oxidation sites excluding steroid dienone is 6. The zero-order valence-corrected chi connectivity index (χ0v) is 45.6. The number of carbonyl (C=O) groups excluding carboxylic acids is 5. The number of rotatable bonds is 12. The molecular formula is C56H89NO18. The number of fused-ring (bicyclic) bond motifs is 3. The van der Waals surface area contributed by atoms with Crippen molar-refractivity contribution in [3.8, 4) is 0 Å². The van der Waals surface area contributed by atoms with E-state index in [1.165, 1.54) is 7.11 Å². The van der Waals surface area contributed by atoms with Crippen LogP contribution in [-0.2, 0) is 47.7 Å². The highest BCUT2D eigenvalue weighted by molar-refractivity contribution is 6.39. The van der Waals surface area contributed by atoms with Crippen molar-refractivity contribution in [3.05, 3.63) is 47.6 Å². The molecule has 19 nitrogen and oxygen atoms in total. The Labute approximate surface area is 443 Å². The van der Waals surface area contributed by atoms with Crippen molar-refractivity contribution in [2.45, 2.75) is 204 Å². The molecule has 19 atom stereocenters. The highest BCUT2D eigenvalue weighted by Gasteiger charge is 2.53. The Kier molecular flexibility index (Phi) is 25.6. The molecule has 2 saturated heterocycles. The summed E-state index contributed by atoms with van der Waals surface area (Å²) in [6.45, 7) is 10.7. The lowest BCUT2D eigenvalue weighted by Crippen LogP contribution is -2.61. The Morgan fingerprint density at radius 1 is 0.827 bits per heavy atom. The monoisotopic (exact) mass is 1060 g/mol. The minimum absolute atomic E-state index is 0.00685. The van der Waals surface area contributed by atoms with Crippen molar-refractivity contribution in [3.63, 3.8) is 0 Å². The number of piperidine rings is 1. The average molecular weight is 1060 g/mol. The van der Waals surface area contributed by atoms with Gasteiger partial charge in [-0.05, 0) is 107 Å². The van der Waals surface area contributed by atoms with Gasteiger partial charge in [0.2, 0.25) is 5.79 Å². The van der Waals surface area contributed by atoms with Crippen LogP contribution in [0.15, 0.2) is 47.6 Å². The van der Waals surface area contributed by atoms with Crippen molar-refractivity contribution >= 4 is 29.2 Å². The summed E-state index contributed by atoms with van der Waals surface area (Å²) in [6, 6.07) is -1.24. The number of methoxy groups -OCH3 is 2. The molecule has 0 spiro atoms. The summed E-state index contributed by atoms with van der Waals surface area (Å²) in [7, 11) is 2.88. The van der Waals surface area contributed by atoms with E-state index in [0.717, 1.165) is 4.90 Å². The predicted octanol–water partition coefficient (Wildman–Crippen LogP) is 2.99. The number of aliphatic hydroxyl groups excluding tert-OH is 7. The van der Waals surface area contributed by atoms with Gasteiger partial charge in [-0.15, -0.1) is 0 Å². The van der Waals surface area contributed by atoms with Crippen LogP contribution in [0.3, 0.4) is 0 Å². The number of esters is 1. The first-order chi connectivity index (χ1) is 35.4. The molecule has 2 bridgehead atoms. The molecule has 0 aromatic carbocycles. The summed E-state index contributed by atoms with van der Waals surface area (Å²) in [5.74, 6) is -9.14. The Morgan fingerprint density at radius 3 is 2.19 bits per heavy atom. The Balaban J connectivity index is 1.73. The highest BCUT2D eigenvalue weighted by Crippen LogP contribution is 2.38. The zero-order valence-electron chi connectivity index (χ0n) is 45.6. The van der Waals surface area contributed by atoms with E-state index in [-0.39, 0.29) is 61.7 Å². The SMILES string of the molecule is CO[C@@H]1C[C@H](C[C@@H](C)[C@@H]2CC(=O)[C@H](C)/C=C(\C)[C@@H](O)[C@@H](OC)C(=O)[C@H](C)C[C@H](C)/C=C/C=C/C=C(\C)[C@@H](OCC(O)C(O)C(O)C(O)CO)C[C@@H]3CC[C@@H](C)[C@@](O)(O3)C(=O)C(=O)N3CCCC[C@H]3C(=O)O2)CC[C@H]1O. The van der Waals surface area contributed by atoms with Crippen molar-refractivity contribution in [2.75, 3.05) is 34.0 Å². The number of hydrogen-bond donors (Lipinski definition) is 8. The first-order valence-electron chi connectivity index (χ1n) is 27.0. The third-order valence-corrected chi connectivity index (χ3v) is 16.0. The summed E-state index contributed by atoms with van der Waals surface area (Å²) < 4.78 is 29.7. The smallest absolute Gasteiger partial charge is 0.329 e. The molecule has 1 aliphatic carbocycles. The molecule has 0 aromatic rings. The molecule has 4 unspecified atom stereocenters. The largest absolute Gasteiger partial charge is 0.460 e. The number of carbonyl (C=O) groups is 5. The molecule has 4 aliphatic rings. The standard InChI is InChI=1S/C56H89NO18/c1-31-15-11-10-12-16-32(2)45(73-30-44(62)51(66)50(65)43(61)29-58)27-39-20-18-37(7)56(70,75-39)53(67)54(68)57-22-14-13-17-40(57)55(69)74-46(34(4)25-38-19-21-41(59)47(26-38)71-8)28-42(60)33(3)24-36(6)49(64)52(72-9)48(63)35(5)23-31/h10-12,15-16,24,31,33-35,37-41,43-47,49-52,58-59,61-62,64-66,70H,13-14,17-23,25-30H2,1-9H3/b12-10+,15-11+,32-16+,36-24+/t31-,33-,34-,35-,37-,38+,39+,40+,41-,43?,44?,45+,46+,47-,49-,50?,51?,52+,56-/m1/s1. The molecule has 1 saturated carbocycles. The zero-order chi connectivity index (χ0) is 55.9. The summed E-state index contributed by atoms with van der Waals surface area (Å²) in [5, 5.41) is 84.9. The van der Waals surface area contributed by atoms with Gasteiger partial charge in [-0.2, -0.15) is 0 Å². The van der Waals surface area contributed by atoms with Gasteiger partial charge >= 0.3 is 5.97 Å². The fraction of sp³-hybridized carbons (Fsp3) is 0.768. The molecule has 0 radical (unpaired) electrons. The van der Waals surface area contributed by atoms with Gasteiger partial charge in [-0.3, -0.25) is 19.2 Å². The number of cyclic esters (lactones) is 1. The number of amides is 1. The average Bonchev–Trinajstić information content (AvgIpc) is 3.39. The quantitative estimate of drug-likeness (QED) is 0.0792. The van der Waals surface area contributed by atoms with Gasteiger partial charge in [-0.25, -0.2) is 4.79 Å². The second-order valence-electron chi connectivity index (χ2n) is 22.0. The van der Waals surface area contributed by atoms with Crippen molar-refractivity contribution in [2.24, 2.45) is 35.5 Å². The first kappa shape index (κ1) is 64.0. The molecule has 19 heteroatoms. The van der Waals surface area contributed by atoms with E-state index < -0.39 is 127 Å². The van der Waals surface area contributed by atoms with Crippen LogP contribution in [0.2, 0.25) is 0 Å². The van der Waals surface area contributed by atoms with Crippen LogP contribution in [-0.4, -0.2) is 188 Å². The van der Waals surface area contributed by atoms with Crippen molar-refractivity contribution < 1.29 is 88.5 Å². The minimum Gasteiger partial charge on any atom is -0.460 e.